The number of aliphatic carboxylic acids is 1. The third-order valence-electron chi connectivity index (χ3n) is 5.14. The van der Waals surface area contributed by atoms with E-state index in [2.05, 4.69) is 11.6 Å². The second kappa shape index (κ2) is 20.4. The molecule has 0 aromatic rings. The van der Waals surface area contributed by atoms with Gasteiger partial charge in [-0.05, 0) is 12.8 Å². The molecule has 0 saturated carbocycles. The molecule has 0 saturated heterocycles. The fourth-order valence-electron chi connectivity index (χ4n) is 3.35. The second-order valence-corrected chi connectivity index (χ2v) is 9.70. The first kappa shape index (κ1) is 28.1. The lowest BCUT2D eigenvalue weighted by Crippen LogP contribution is -2.24. The zero-order chi connectivity index (χ0) is 21.6. The fourth-order valence-corrected chi connectivity index (χ4v) is 4.23. The van der Waals surface area contributed by atoms with E-state index in [0.717, 1.165) is 24.7 Å². The normalized spacial score (nSPS) is 12.0. The van der Waals surface area contributed by atoms with Gasteiger partial charge in [-0.1, -0.05) is 109 Å². The summed E-state index contributed by atoms with van der Waals surface area (Å²) in [4.78, 5) is 10.4. The Labute approximate surface area is 179 Å². The van der Waals surface area contributed by atoms with Gasteiger partial charge in [-0.15, -0.1) is 0 Å². The largest absolute Gasteiger partial charge is 0.481 e. The highest BCUT2D eigenvalue weighted by Gasteiger charge is 2.05. The van der Waals surface area contributed by atoms with Crippen LogP contribution in [0, 0.1) is 0 Å². The second-order valence-electron chi connectivity index (χ2n) is 8.05. The van der Waals surface area contributed by atoms with Crippen molar-refractivity contribution in [1.29, 1.82) is 0 Å². The van der Waals surface area contributed by atoms with E-state index in [0.29, 0.717) is 0 Å². The van der Waals surface area contributed by atoms with Gasteiger partial charge in [0, 0.05) is 12.0 Å². The van der Waals surface area contributed by atoms with Crippen molar-refractivity contribution in [2.75, 3.05) is 6.54 Å². The number of carboxylic acid groups (broad SMARTS) is 1. The molecule has 6 heteroatoms. The van der Waals surface area contributed by atoms with Gasteiger partial charge in [0.1, 0.15) is 0 Å². The number of carbonyl (C=O) groups is 1. The van der Waals surface area contributed by atoms with Gasteiger partial charge >= 0.3 is 5.97 Å². The van der Waals surface area contributed by atoms with E-state index in [1.54, 1.807) is 6.08 Å². The van der Waals surface area contributed by atoms with Crippen molar-refractivity contribution in [3.05, 3.63) is 11.5 Å². The molecule has 0 aliphatic heterocycles. The summed E-state index contributed by atoms with van der Waals surface area (Å²) in [7, 11) is -3.49. The van der Waals surface area contributed by atoms with E-state index < -0.39 is 16.0 Å². The molecule has 0 atom stereocenters. The van der Waals surface area contributed by atoms with Crippen molar-refractivity contribution < 1.29 is 18.3 Å². The molecule has 0 aliphatic carbocycles. The lowest BCUT2D eigenvalue weighted by molar-refractivity contribution is -0.136. The van der Waals surface area contributed by atoms with Crippen molar-refractivity contribution in [2.24, 2.45) is 0 Å². The molecular formula is C23H45NO4S. The highest BCUT2D eigenvalue weighted by molar-refractivity contribution is 7.92. The first-order valence-electron chi connectivity index (χ1n) is 11.9. The van der Waals surface area contributed by atoms with Crippen LogP contribution >= 0.6 is 0 Å². The summed E-state index contributed by atoms with van der Waals surface area (Å²) in [6.45, 7) is 2.20. The average molecular weight is 432 g/mol. The molecule has 0 bridgehead atoms. The van der Waals surface area contributed by atoms with E-state index in [1.807, 2.05) is 0 Å². The lowest BCUT2D eigenvalue weighted by atomic mass is 10.0. The molecule has 0 amide bonds. The minimum atomic E-state index is -3.49. The SMILES string of the molecule is CCCCCCCCCCCCCCCCCC/C=C/S(=O)(=O)NCCC(=O)O. The minimum absolute atomic E-state index is 0.0684. The first-order chi connectivity index (χ1) is 14.0. The Morgan fingerprint density at radius 2 is 1.17 bits per heavy atom. The van der Waals surface area contributed by atoms with E-state index in [1.165, 1.54) is 89.9 Å². The van der Waals surface area contributed by atoms with Gasteiger partial charge in [-0.3, -0.25) is 4.79 Å². The Hall–Kier alpha value is -0.880. The first-order valence-corrected chi connectivity index (χ1v) is 13.4. The van der Waals surface area contributed by atoms with Gasteiger partial charge in [0.05, 0.1) is 6.42 Å². The molecule has 172 valence electrons. The van der Waals surface area contributed by atoms with Crippen LogP contribution in [-0.4, -0.2) is 26.0 Å². The summed E-state index contributed by atoms with van der Waals surface area (Å²) in [5.74, 6) is -1.01. The van der Waals surface area contributed by atoms with Crippen LogP contribution in [0.25, 0.3) is 0 Å². The van der Waals surface area contributed by atoms with E-state index >= 15 is 0 Å². The molecule has 5 nitrogen and oxygen atoms in total. The molecule has 0 aromatic carbocycles. The van der Waals surface area contributed by atoms with Gasteiger partial charge in [0.2, 0.25) is 10.0 Å². The Balaban J connectivity index is 3.32. The smallest absolute Gasteiger partial charge is 0.304 e. The zero-order valence-electron chi connectivity index (χ0n) is 18.7. The van der Waals surface area contributed by atoms with Crippen LogP contribution in [0.5, 0.6) is 0 Å². The molecule has 0 aromatic heterocycles. The average Bonchev–Trinajstić information content (AvgIpc) is 2.66. The van der Waals surface area contributed by atoms with Gasteiger partial charge in [-0.25, -0.2) is 13.1 Å². The predicted octanol–water partition coefficient (Wildman–Crippen LogP) is 6.55. The van der Waals surface area contributed by atoms with Crippen molar-refractivity contribution in [1.82, 2.24) is 4.72 Å². The monoisotopic (exact) mass is 431 g/mol. The zero-order valence-corrected chi connectivity index (χ0v) is 19.5. The summed E-state index contributed by atoms with van der Waals surface area (Å²) in [5, 5.41) is 9.65. The van der Waals surface area contributed by atoms with Crippen LogP contribution < -0.4 is 4.72 Å². The molecule has 0 radical (unpaired) electrons. The summed E-state index contributed by atoms with van der Waals surface area (Å²) in [6.07, 6.45) is 23.4. The Bertz CT molecular complexity index is 503. The van der Waals surface area contributed by atoms with Gasteiger partial charge in [-0.2, -0.15) is 0 Å². The number of carboxylic acids is 1. The summed E-state index contributed by atoms with van der Waals surface area (Å²) in [6, 6.07) is 0. The van der Waals surface area contributed by atoms with Gasteiger partial charge in [0.15, 0.2) is 0 Å². The molecule has 0 fully saturated rings. The van der Waals surface area contributed by atoms with E-state index in [9.17, 15) is 13.2 Å². The number of rotatable bonds is 22. The molecule has 0 aliphatic rings. The molecule has 0 rings (SSSR count). The van der Waals surface area contributed by atoms with Crippen LogP contribution in [0.2, 0.25) is 0 Å². The summed E-state index contributed by atoms with van der Waals surface area (Å²) >= 11 is 0. The maximum Gasteiger partial charge on any atom is 0.304 e. The van der Waals surface area contributed by atoms with Gasteiger partial charge in [0.25, 0.3) is 0 Å². The van der Waals surface area contributed by atoms with Crippen LogP contribution in [0.15, 0.2) is 11.5 Å². The Morgan fingerprint density at radius 1 is 0.759 bits per heavy atom. The van der Waals surface area contributed by atoms with Crippen molar-refractivity contribution in [3.63, 3.8) is 0 Å². The quantitative estimate of drug-likeness (QED) is 0.190. The summed E-state index contributed by atoms with van der Waals surface area (Å²) < 4.78 is 25.4. The molecule has 2 N–H and O–H groups in total. The number of sulfonamides is 1. The summed E-state index contributed by atoms with van der Waals surface area (Å²) in [5.41, 5.74) is 0. The number of hydrogen-bond acceptors (Lipinski definition) is 3. The molecule has 0 heterocycles. The number of nitrogens with one attached hydrogen (secondary N) is 1. The topological polar surface area (TPSA) is 83.5 Å². The van der Waals surface area contributed by atoms with E-state index in [-0.39, 0.29) is 13.0 Å². The molecule has 0 unspecified atom stereocenters. The number of allylic oxidation sites excluding steroid dienone is 1. The van der Waals surface area contributed by atoms with Crippen molar-refractivity contribution >= 4 is 16.0 Å². The maximum atomic E-state index is 11.6. The highest BCUT2D eigenvalue weighted by Crippen LogP contribution is 2.14. The van der Waals surface area contributed by atoms with Crippen LogP contribution in [-0.2, 0) is 14.8 Å². The third kappa shape index (κ3) is 23.3. The Kier molecular flexibility index (Phi) is 19.8. The molecular weight excluding hydrogens is 386 g/mol. The predicted molar refractivity (Wildman–Crippen MR) is 122 cm³/mol. The van der Waals surface area contributed by atoms with Crippen LogP contribution in [0.1, 0.15) is 122 Å². The Morgan fingerprint density at radius 3 is 1.59 bits per heavy atom. The van der Waals surface area contributed by atoms with E-state index in [4.69, 9.17) is 5.11 Å². The van der Waals surface area contributed by atoms with Crippen molar-refractivity contribution in [2.45, 2.75) is 122 Å². The highest BCUT2D eigenvalue weighted by atomic mass is 32.2. The van der Waals surface area contributed by atoms with Crippen LogP contribution in [0.3, 0.4) is 0 Å². The third-order valence-corrected chi connectivity index (χ3v) is 6.30. The standard InChI is InChI=1S/C23H45NO4S/c1-2-3-4-5-6-7-8-9-10-11-12-13-14-15-16-17-18-19-22-29(27,28)24-21-20-23(25)26/h19,22,24H,2-18,20-21H2,1H3,(H,25,26)/b22-19+. The van der Waals surface area contributed by atoms with Gasteiger partial charge < -0.3 is 5.11 Å². The molecule has 0 spiro atoms. The lowest BCUT2D eigenvalue weighted by Gasteiger charge is -2.03. The minimum Gasteiger partial charge on any atom is -0.481 e. The maximum absolute atomic E-state index is 11.6. The number of hydrogen-bond donors (Lipinski definition) is 2. The number of unbranched alkanes of at least 4 members (excludes halogenated alkanes) is 16. The fraction of sp³-hybridized carbons (Fsp3) is 0.870. The molecule has 29 heavy (non-hydrogen) atoms. The van der Waals surface area contributed by atoms with Crippen LogP contribution in [0.4, 0.5) is 0 Å². The van der Waals surface area contributed by atoms with Crippen molar-refractivity contribution in [3.8, 4) is 0 Å².